The average molecular weight is 264 g/mol. The van der Waals surface area contributed by atoms with Crippen LogP contribution < -0.4 is 11.1 Å². The minimum atomic E-state index is 0.0507. The van der Waals surface area contributed by atoms with Crippen LogP contribution in [0.3, 0.4) is 0 Å². The number of nitrogens with one attached hydrogen (secondary N) is 1. The smallest absolute Gasteiger partial charge is 0.220 e. The van der Waals surface area contributed by atoms with E-state index in [0.717, 1.165) is 30.6 Å². The Labute approximate surface area is 115 Å². The van der Waals surface area contributed by atoms with Crippen molar-refractivity contribution in [3.63, 3.8) is 0 Å². The topological polar surface area (TPSA) is 64.3 Å². The molecule has 0 spiro atoms. The Bertz CT molecular complexity index is 380. The van der Waals surface area contributed by atoms with Crippen molar-refractivity contribution in [1.29, 1.82) is 0 Å². The Morgan fingerprint density at radius 2 is 2.05 bits per heavy atom. The number of carbonyl (C=O) groups excluding carboxylic acids is 1. The number of carbonyl (C=O) groups is 1. The zero-order chi connectivity index (χ0) is 13.9. The van der Waals surface area contributed by atoms with Crippen molar-refractivity contribution in [2.75, 3.05) is 13.2 Å². The van der Waals surface area contributed by atoms with Crippen LogP contribution in [0.15, 0.2) is 24.3 Å². The van der Waals surface area contributed by atoms with E-state index in [0.29, 0.717) is 26.1 Å². The van der Waals surface area contributed by atoms with Gasteiger partial charge in [0.05, 0.1) is 6.61 Å². The number of rotatable bonds is 9. The number of hydrogen-bond acceptors (Lipinski definition) is 3. The summed E-state index contributed by atoms with van der Waals surface area (Å²) in [5, 5.41) is 2.91. The fourth-order valence-electron chi connectivity index (χ4n) is 1.74. The van der Waals surface area contributed by atoms with Crippen LogP contribution in [-0.4, -0.2) is 19.1 Å². The predicted molar refractivity (Wildman–Crippen MR) is 76.5 cm³/mol. The lowest BCUT2D eigenvalue weighted by Gasteiger charge is -2.11. The molecule has 0 aromatic heterocycles. The average Bonchev–Trinajstić information content (AvgIpc) is 2.44. The van der Waals surface area contributed by atoms with E-state index in [1.54, 1.807) is 0 Å². The summed E-state index contributed by atoms with van der Waals surface area (Å²) in [4.78, 5) is 11.5. The summed E-state index contributed by atoms with van der Waals surface area (Å²) >= 11 is 0. The molecule has 1 aromatic rings. The first kappa shape index (κ1) is 15.7. The van der Waals surface area contributed by atoms with Crippen molar-refractivity contribution < 1.29 is 9.53 Å². The largest absolute Gasteiger partial charge is 0.377 e. The lowest BCUT2D eigenvalue weighted by atomic mass is 10.1. The molecule has 3 N–H and O–H groups in total. The third-order valence-corrected chi connectivity index (χ3v) is 2.81. The Kier molecular flexibility index (Phi) is 7.86. The number of benzene rings is 1. The van der Waals surface area contributed by atoms with Gasteiger partial charge in [-0.2, -0.15) is 0 Å². The molecular weight excluding hydrogens is 240 g/mol. The quantitative estimate of drug-likeness (QED) is 0.670. The zero-order valence-electron chi connectivity index (χ0n) is 11.7. The van der Waals surface area contributed by atoms with E-state index in [9.17, 15) is 4.79 Å². The van der Waals surface area contributed by atoms with Gasteiger partial charge in [-0.15, -0.1) is 0 Å². The summed E-state index contributed by atoms with van der Waals surface area (Å²) in [6, 6.07) is 8.03. The number of hydrogen-bond donors (Lipinski definition) is 2. The van der Waals surface area contributed by atoms with E-state index in [1.165, 1.54) is 0 Å². The first-order chi connectivity index (χ1) is 9.27. The van der Waals surface area contributed by atoms with Crippen molar-refractivity contribution in [2.45, 2.75) is 39.3 Å². The van der Waals surface area contributed by atoms with Crippen LogP contribution in [-0.2, 0) is 22.7 Å². The predicted octanol–water partition coefficient (Wildman–Crippen LogP) is 1.97. The molecule has 1 amide bonds. The third-order valence-electron chi connectivity index (χ3n) is 2.81. The maximum absolute atomic E-state index is 11.5. The molecule has 19 heavy (non-hydrogen) atoms. The molecule has 4 nitrogen and oxygen atoms in total. The van der Waals surface area contributed by atoms with Gasteiger partial charge in [0.15, 0.2) is 0 Å². The molecule has 0 aliphatic rings. The molecule has 4 heteroatoms. The van der Waals surface area contributed by atoms with Gasteiger partial charge in [-0.3, -0.25) is 4.79 Å². The van der Waals surface area contributed by atoms with Crippen molar-refractivity contribution >= 4 is 5.91 Å². The highest BCUT2D eigenvalue weighted by molar-refractivity contribution is 5.75. The van der Waals surface area contributed by atoms with E-state index < -0.39 is 0 Å². The molecule has 1 rings (SSSR count). The van der Waals surface area contributed by atoms with E-state index >= 15 is 0 Å². The summed E-state index contributed by atoms with van der Waals surface area (Å²) < 4.78 is 5.55. The normalized spacial score (nSPS) is 10.4. The fraction of sp³-hybridized carbons (Fsp3) is 0.533. The van der Waals surface area contributed by atoms with Crippen LogP contribution >= 0.6 is 0 Å². The minimum absolute atomic E-state index is 0.0507. The highest BCUT2D eigenvalue weighted by Gasteiger charge is 2.04. The van der Waals surface area contributed by atoms with Crippen LogP contribution in [0.4, 0.5) is 0 Å². The molecule has 0 heterocycles. The summed E-state index contributed by atoms with van der Waals surface area (Å²) in [7, 11) is 0. The molecule has 106 valence electrons. The van der Waals surface area contributed by atoms with Gasteiger partial charge in [0.2, 0.25) is 5.91 Å². The molecule has 0 saturated carbocycles. The lowest BCUT2D eigenvalue weighted by Crippen LogP contribution is -2.23. The number of ether oxygens (including phenoxy) is 1. The van der Waals surface area contributed by atoms with E-state index in [1.807, 2.05) is 24.3 Å². The Hall–Kier alpha value is -1.39. The molecule has 0 aliphatic heterocycles. The van der Waals surface area contributed by atoms with Crippen molar-refractivity contribution in [3.8, 4) is 0 Å². The molecule has 0 atom stereocenters. The molecule has 0 radical (unpaired) electrons. The van der Waals surface area contributed by atoms with Gasteiger partial charge in [-0.25, -0.2) is 0 Å². The maximum Gasteiger partial charge on any atom is 0.220 e. The summed E-state index contributed by atoms with van der Waals surface area (Å²) in [5.74, 6) is 0.0507. The van der Waals surface area contributed by atoms with Gasteiger partial charge in [0.25, 0.3) is 0 Å². The molecule has 1 aromatic carbocycles. The first-order valence-electron chi connectivity index (χ1n) is 6.89. The van der Waals surface area contributed by atoms with Gasteiger partial charge < -0.3 is 15.8 Å². The monoisotopic (exact) mass is 264 g/mol. The SMILES string of the molecule is CCCOCc1ccccc1CNC(=O)CCCN. The standard InChI is InChI=1S/C15H24N2O2/c1-2-10-19-12-14-7-4-3-6-13(14)11-17-15(18)8-5-9-16/h3-4,6-7H,2,5,8-12,16H2,1H3,(H,17,18). The van der Waals surface area contributed by atoms with Gasteiger partial charge in [-0.1, -0.05) is 31.2 Å². The highest BCUT2D eigenvalue weighted by Crippen LogP contribution is 2.10. The van der Waals surface area contributed by atoms with Crippen molar-refractivity contribution in [3.05, 3.63) is 35.4 Å². The van der Waals surface area contributed by atoms with Crippen LogP contribution in [0, 0.1) is 0 Å². The number of nitrogens with two attached hydrogens (primary N) is 1. The highest BCUT2D eigenvalue weighted by atomic mass is 16.5. The second kappa shape index (κ2) is 9.53. The summed E-state index contributed by atoms with van der Waals surface area (Å²) in [5.41, 5.74) is 7.62. The Balaban J connectivity index is 2.45. The van der Waals surface area contributed by atoms with Crippen LogP contribution in [0.1, 0.15) is 37.3 Å². The molecular formula is C15H24N2O2. The van der Waals surface area contributed by atoms with Crippen LogP contribution in [0.2, 0.25) is 0 Å². The van der Waals surface area contributed by atoms with Crippen LogP contribution in [0.25, 0.3) is 0 Å². The van der Waals surface area contributed by atoms with Gasteiger partial charge >= 0.3 is 0 Å². The van der Waals surface area contributed by atoms with Crippen LogP contribution in [0.5, 0.6) is 0 Å². The van der Waals surface area contributed by atoms with E-state index in [-0.39, 0.29) is 5.91 Å². The van der Waals surface area contributed by atoms with Crippen molar-refractivity contribution in [2.24, 2.45) is 5.73 Å². The Morgan fingerprint density at radius 1 is 1.32 bits per heavy atom. The second-order valence-electron chi connectivity index (χ2n) is 4.49. The van der Waals surface area contributed by atoms with Gasteiger partial charge in [0.1, 0.15) is 0 Å². The molecule has 0 fully saturated rings. The summed E-state index contributed by atoms with van der Waals surface area (Å²) in [6.45, 7) is 4.55. The van der Waals surface area contributed by atoms with E-state index in [2.05, 4.69) is 12.2 Å². The third kappa shape index (κ3) is 6.36. The molecule has 0 saturated heterocycles. The fourth-order valence-corrected chi connectivity index (χ4v) is 1.74. The lowest BCUT2D eigenvalue weighted by molar-refractivity contribution is -0.121. The molecule has 0 bridgehead atoms. The molecule has 0 aliphatic carbocycles. The first-order valence-corrected chi connectivity index (χ1v) is 6.89. The Morgan fingerprint density at radius 3 is 2.74 bits per heavy atom. The van der Waals surface area contributed by atoms with Gasteiger partial charge in [-0.05, 0) is 30.5 Å². The zero-order valence-corrected chi connectivity index (χ0v) is 11.7. The summed E-state index contributed by atoms with van der Waals surface area (Å²) in [6.07, 6.45) is 2.23. The second-order valence-corrected chi connectivity index (χ2v) is 4.49. The number of amides is 1. The molecule has 0 unspecified atom stereocenters. The van der Waals surface area contributed by atoms with Gasteiger partial charge in [0, 0.05) is 19.6 Å². The van der Waals surface area contributed by atoms with E-state index in [4.69, 9.17) is 10.5 Å². The minimum Gasteiger partial charge on any atom is -0.377 e. The van der Waals surface area contributed by atoms with Crippen molar-refractivity contribution in [1.82, 2.24) is 5.32 Å². The maximum atomic E-state index is 11.5.